The Morgan fingerprint density at radius 2 is 1.70 bits per heavy atom. The number of alkyl halides is 3. The highest BCUT2D eigenvalue weighted by Gasteiger charge is 2.35. The highest BCUT2D eigenvalue weighted by Crippen LogP contribution is 2.32. The van der Waals surface area contributed by atoms with Crippen LogP contribution in [0.5, 0.6) is 6.01 Å². The first-order valence-electron chi connectivity index (χ1n) is 6.61. The van der Waals surface area contributed by atoms with Gasteiger partial charge in [-0.2, -0.15) is 23.1 Å². The van der Waals surface area contributed by atoms with Crippen molar-refractivity contribution in [3.63, 3.8) is 0 Å². The molecule has 0 aliphatic rings. The van der Waals surface area contributed by atoms with Crippen molar-refractivity contribution in [3.05, 3.63) is 46.8 Å². The molecule has 0 fully saturated rings. The van der Waals surface area contributed by atoms with Gasteiger partial charge in [-0.05, 0) is 26.0 Å². The van der Waals surface area contributed by atoms with Gasteiger partial charge in [-0.25, -0.2) is 0 Å². The third-order valence-corrected chi connectivity index (χ3v) is 3.15. The van der Waals surface area contributed by atoms with E-state index in [0.717, 1.165) is 12.1 Å². The van der Waals surface area contributed by atoms with E-state index in [0.29, 0.717) is 11.4 Å². The molecule has 122 valence electrons. The Hall–Kier alpha value is -2.64. The highest BCUT2D eigenvalue weighted by molar-refractivity contribution is 6.06. The van der Waals surface area contributed by atoms with Gasteiger partial charge in [0.1, 0.15) is 0 Å². The molecule has 23 heavy (non-hydrogen) atoms. The van der Waals surface area contributed by atoms with E-state index < -0.39 is 23.2 Å². The fourth-order valence-electron chi connectivity index (χ4n) is 2.07. The van der Waals surface area contributed by atoms with Crippen molar-refractivity contribution in [2.24, 2.45) is 0 Å². The number of ether oxygens (including phenoxy) is 1. The summed E-state index contributed by atoms with van der Waals surface area (Å²) in [6, 6.07) is 4.70. The third-order valence-electron chi connectivity index (χ3n) is 3.15. The van der Waals surface area contributed by atoms with Crippen molar-refractivity contribution in [2.75, 3.05) is 12.4 Å². The lowest BCUT2D eigenvalue weighted by atomic mass is 10.1. The zero-order chi connectivity index (χ0) is 17.2. The minimum atomic E-state index is -4.62. The average molecular weight is 325 g/mol. The number of benzene rings is 1. The summed E-state index contributed by atoms with van der Waals surface area (Å²) in [5.74, 6) is -0.877. The first kappa shape index (κ1) is 16.7. The lowest BCUT2D eigenvalue weighted by Gasteiger charge is -2.14. The molecular weight excluding hydrogens is 311 g/mol. The topological polar surface area (TPSA) is 64.1 Å². The second kappa shape index (κ2) is 6.23. The Labute approximate surface area is 130 Å². The Morgan fingerprint density at radius 3 is 2.22 bits per heavy atom. The number of carbonyl (C=O) groups is 1. The van der Waals surface area contributed by atoms with Crippen LogP contribution in [0.3, 0.4) is 0 Å². The molecule has 1 aromatic heterocycles. The molecule has 8 heteroatoms. The summed E-state index contributed by atoms with van der Waals surface area (Å²) in [6.45, 7) is 3.20. The number of nitrogens with zero attached hydrogens (tertiary/aromatic N) is 2. The lowest BCUT2D eigenvalue weighted by Crippen LogP contribution is -2.20. The van der Waals surface area contributed by atoms with Crippen molar-refractivity contribution in [1.29, 1.82) is 0 Å². The SMILES string of the molecule is COc1nc(C)c(NC(=O)c2ccccc2C(F)(F)F)c(C)n1. The molecule has 2 aromatic rings. The average Bonchev–Trinajstić information content (AvgIpc) is 2.49. The molecule has 1 amide bonds. The van der Waals surface area contributed by atoms with Crippen molar-refractivity contribution < 1.29 is 22.7 Å². The van der Waals surface area contributed by atoms with E-state index in [1.54, 1.807) is 13.8 Å². The lowest BCUT2D eigenvalue weighted by molar-refractivity contribution is -0.137. The predicted octanol–water partition coefficient (Wildman–Crippen LogP) is 3.37. The van der Waals surface area contributed by atoms with Crippen LogP contribution in [0.1, 0.15) is 27.3 Å². The highest BCUT2D eigenvalue weighted by atomic mass is 19.4. The van der Waals surface area contributed by atoms with Gasteiger partial charge in [0.2, 0.25) is 0 Å². The van der Waals surface area contributed by atoms with Crippen molar-refractivity contribution in [1.82, 2.24) is 9.97 Å². The second-order valence-electron chi connectivity index (χ2n) is 4.75. The maximum absolute atomic E-state index is 13.0. The quantitative estimate of drug-likeness (QED) is 0.940. The van der Waals surface area contributed by atoms with Gasteiger partial charge in [0.05, 0.1) is 35.3 Å². The number of anilines is 1. The second-order valence-corrected chi connectivity index (χ2v) is 4.75. The first-order chi connectivity index (χ1) is 10.7. The number of aryl methyl sites for hydroxylation is 2. The summed E-state index contributed by atoms with van der Waals surface area (Å²) >= 11 is 0. The smallest absolute Gasteiger partial charge is 0.417 e. The van der Waals surface area contributed by atoms with E-state index in [2.05, 4.69) is 15.3 Å². The van der Waals surface area contributed by atoms with Crippen LogP contribution in [-0.4, -0.2) is 23.0 Å². The number of nitrogens with one attached hydrogen (secondary N) is 1. The summed E-state index contributed by atoms with van der Waals surface area (Å²) in [5.41, 5.74) is -0.413. The molecule has 0 aliphatic heterocycles. The summed E-state index contributed by atoms with van der Waals surface area (Å²) in [7, 11) is 1.39. The molecule has 0 spiro atoms. The van der Waals surface area contributed by atoms with Gasteiger partial charge in [0, 0.05) is 0 Å². The van der Waals surface area contributed by atoms with Crippen LogP contribution in [0.2, 0.25) is 0 Å². The zero-order valence-electron chi connectivity index (χ0n) is 12.7. The minimum Gasteiger partial charge on any atom is -0.467 e. The van der Waals surface area contributed by atoms with Gasteiger partial charge in [0.15, 0.2) is 0 Å². The maximum Gasteiger partial charge on any atom is 0.417 e. The van der Waals surface area contributed by atoms with Crippen LogP contribution in [-0.2, 0) is 6.18 Å². The van der Waals surface area contributed by atoms with E-state index in [4.69, 9.17) is 4.74 Å². The summed E-state index contributed by atoms with van der Waals surface area (Å²) < 4.78 is 43.9. The van der Waals surface area contributed by atoms with E-state index in [1.165, 1.54) is 19.2 Å². The van der Waals surface area contributed by atoms with E-state index in [9.17, 15) is 18.0 Å². The fourth-order valence-corrected chi connectivity index (χ4v) is 2.07. The molecule has 0 saturated heterocycles. The van der Waals surface area contributed by atoms with Crippen LogP contribution in [0.25, 0.3) is 0 Å². The molecule has 0 saturated carbocycles. The van der Waals surface area contributed by atoms with Crippen molar-refractivity contribution in [3.8, 4) is 6.01 Å². The first-order valence-corrected chi connectivity index (χ1v) is 6.61. The van der Waals surface area contributed by atoms with Crippen LogP contribution >= 0.6 is 0 Å². The van der Waals surface area contributed by atoms with Gasteiger partial charge in [-0.3, -0.25) is 4.79 Å². The van der Waals surface area contributed by atoms with Crippen LogP contribution in [0, 0.1) is 13.8 Å². The third kappa shape index (κ3) is 3.58. The molecule has 0 atom stereocenters. The standard InChI is InChI=1S/C15H14F3N3O2/c1-8-12(9(2)20-14(19-8)23-3)21-13(22)10-6-4-5-7-11(10)15(16,17)18/h4-7H,1-3H3,(H,21,22). The van der Waals surface area contributed by atoms with Crippen molar-refractivity contribution >= 4 is 11.6 Å². The predicted molar refractivity (Wildman–Crippen MR) is 77.5 cm³/mol. The van der Waals surface area contributed by atoms with Gasteiger partial charge >= 0.3 is 12.2 Å². The van der Waals surface area contributed by atoms with E-state index >= 15 is 0 Å². The Morgan fingerprint density at radius 1 is 1.13 bits per heavy atom. The Kier molecular flexibility index (Phi) is 4.53. The van der Waals surface area contributed by atoms with E-state index in [-0.39, 0.29) is 11.7 Å². The molecule has 0 bridgehead atoms. The fraction of sp³-hybridized carbons (Fsp3) is 0.267. The number of carbonyl (C=O) groups excluding carboxylic acids is 1. The molecule has 1 aromatic carbocycles. The molecule has 5 nitrogen and oxygen atoms in total. The van der Waals surface area contributed by atoms with Crippen molar-refractivity contribution in [2.45, 2.75) is 20.0 Å². The molecule has 0 unspecified atom stereocenters. The van der Waals surface area contributed by atoms with Gasteiger partial charge in [0.25, 0.3) is 5.91 Å². The molecular formula is C15H14F3N3O2. The van der Waals surface area contributed by atoms with Gasteiger partial charge < -0.3 is 10.1 Å². The van der Waals surface area contributed by atoms with Crippen LogP contribution < -0.4 is 10.1 Å². The van der Waals surface area contributed by atoms with Crippen LogP contribution in [0.15, 0.2) is 24.3 Å². The molecule has 1 heterocycles. The number of methoxy groups -OCH3 is 1. The summed E-state index contributed by atoms with van der Waals surface area (Å²) in [6.07, 6.45) is -4.62. The number of aromatic nitrogens is 2. The minimum absolute atomic E-state index is 0.119. The van der Waals surface area contributed by atoms with Gasteiger partial charge in [-0.15, -0.1) is 0 Å². The Balaban J connectivity index is 2.38. The Bertz CT molecular complexity index is 722. The molecule has 0 aliphatic carbocycles. The summed E-state index contributed by atoms with van der Waals surface area (Å²) in [5, 5.41) is 2.44. The monoisotopic (exact) mass is 325 g/mol. The number of hydrogen-bond acceptors (Lipinski definition) is 4. The number of amides is 1. The maximum atomic E-state index is 13.0. The summed E-state index contributed by atoms with van der Waals surface area (Å²) in [4.78, 5) is 20.2. The molecule has 0 radical (unpaired) electrons. The van der Waals surface area contributed by atoms with Gasteiger partial charge in [-0.1, -0.05) is 12.1 Å². The number of hydrogen-bond donors (Lipinski definition) is 1. The molecule has 1 N–H and O–H groups in total. The van der Waals surface area contributed by atoms with Crippen LogP contribution in [0.4, 0.5) is 18.9 Å². The largest absolute Gasteiger partial charge is 0.467 e. The normalized spacial score (nSPS) is 11.2. The van der Waals surface area contributed by atoms with E-state index in [1.807, 2.05) is 0 Å². The zero-order valence-corrected chi connectivity index (χ0v) is 12.7. The number of halogens is 3. The molecule has 2 rings (SSSR count). The number of rotatable bonds is 3.